The number of non-ortho nitro benzene ring substituents is 1. The van der Waals surface area contributed by atoms with Gasteiger partial charge in [-0.15, -0.1) is 0 Å². The zero-order chi connectivity index (χ0) is 28.1. The summed E-state index contributed by atoms with van der Waals surface area (Å²) >= 11 is 2.08. The highest BCUT2D eigenvalue weighted by Crippen LogP contribution is 2.54. The van der Waals surface area contributed by atoms with Gasteiger partial charge in [0.25, 0.3) is 5.69 Å². The van der Waals surface area contributed by atoms with E-state index in [0.717, 1.165) is 47.3 Å². The maximum atomic E-state index is 13.9. The molecule has 1 aromatic heterocycles. The van der Waals surface area contributed by atoms with Crippen LogP contribution >= 0.6 is 23.1 Å². The molecule has 0 saturated carbocycles. The van der Waals surface area contributed by atoms with Crippen molar-refractivity contribution in [1.29, 1.82) is 0 Å². The molecule has 2 aromatic carbocycles. The molecule has 3 aliphatic heterocycles. The molecule has 2 saturated heterocycles. The van der Waals surface area contributed by atoms with Gasteiger partial charge in [0.05, 0.1) is 21.6 Å². The van der Waals surface area contributed by atoms with Crippen LogP contribution in [0.4, 0.5) is 11.4 Å². The number of hydrogen-bond acceptors (Lipinski definition) is 9. The maximum Gasteiger partial charge on any atom is 0.308 e. The fourth-order valence-electron chi connectivity index (χ4n) is 5.65. The second kappa shape index (κ2) is 10.2. The van der Waals surface area contributed by atoms with Crippen LogP contribution in [-0.2, 0) is 20.9 Å². The molecule has 11 nitrogen and oxygen atoms in total. The van der Waals surface area contributed by atoms with E-state index in [4.69, 9.17) is 0 Å². The number of anilines is 1. The topological polar surface area (TPSA) is 143 Å². The first-order valence-corrected chi connectivity index (χ1v) is 14.5. The monoisotopic (exact) mass is 580 g/mol. The van der Waals surface area contributed by atoms with Crippen molar-refractivity contribution in [1.82, 2.24) is 9.47 Å². The molecule has 0 spiro atoms. The smallest absolute Gasteiger partial charge is 0.308 e. The van der Waals surface area contributed by atoms with Gasteiger partial charge in [0.2, 0.25) is 17.7 Å². The predicted octanol–water partition coefficient (Wildman–Crippen LogP) is 3.33. The Balaban J connectivity index is 1.41. The zero-order valence-electron chi connectivity index (χ0n) is 21.1. The average Bonchev–Trinajstić information content (AvgIpc) is 3.40. The van der Waals surface area contributed by atoms with Gasteiger partial charge >= 0.3 is 4.87 Å². The largest absolute Gasteiger partial charge is 0.508 e. The SMILES string of the molecule is O=C(Cn1c2c(sc1=O)[C@@H](c1ccc(O)cc1)C1C(=O)N(c3ccc([N+](=O)[O-])cc3)C(=O)C1S2)N1CCCCC1. The molecule has 13 heteroatoms. The molecular formula is C27H24N4O7S2. The minimum atomic E-state index is -0.876. The number of benzene rings is 2. The highest BCUT2D eigenvalue weighted by Gasteiger charge is 2.56. The van der Waals surface area contributed by atoms with Crippen molar-refractivity contribution in [3.63, 3.8) is 0 Å². The summed E-state index contributed by atoms with van der Waals surface area (Å²) in [6.07, 6.45) is 2.89. The Labute approximate surface area is 236 Å². The number of rotatable bonds is 5. The van der Waals surface area contributed by atoms with E-state index in [1.54, 1.807) is 17.0 Å². The number of fused-ring (bicyclic) bond motifs is 2. The zero-order valence-corrected chi connectivity index (χ0v) is 22.7. The summed E-state index contributed by atoms with van der Waals surface area (Å²) in [4.78, 5) is 67.6. The van der Waals surface area contributed by atoms with E-state index in [2.05, 4.69) is 0 Å². The molecule has 40 heavy (non-hydrogen) atoms. The number of nitro benzene ring substituents is 1. The summed E-state index contributed by atoms with van der Waals surface area (Å²) < 4.78 is 1.41. The summed E-state index contributed by atoms with van der Waals surface area (Å²) in [5.74, 6) is -2.61. The number of imide groups is 1. The van der Waals surface area contributed by atoms with Gasteiger partial charge in [0.1, 0.15) is 17.5 Å². The van der Waals surface area contributed by atoms with Crippen LogP contribution in [0.3, 0.4) is 0 Å². The maximum absolute atomic E-state index is 13.9. The van der Waals surface area contributed by atoms with E-state index in [0.29, 0.717) is 28.6 Å². The second-order valence-electron chi connectivity index (χ2n) is 9.98. The molecule has 0 bridgehead atoms. The Bertz CT molecular complexity index is 1580. The Morgan fingerprint density at radius 2 is 1.65 bits per heavy atom. The number of nitrogens with zero attached hydrogens (tertiary/aromatic N) is 4. The molecule has 2 unspecified atom stereocenters. The third-order valence-electron chi connectivity index (χ3n) is 7.62. The first-order chi connectivity index (χ1) is 19.2. The van der Waals surface area contributed by atoms with Gasteiger partial charge in [0.15, 0.2) is 0 Å². The number of phenolic OH excluding ortho intramolecular Hbond substituents is 1. The minimum Gasteiger partial charge on any atom is -0.508 e. The standard InChI is InChI=1S/C27H24N4O7S2/c32-18-10-4-15(5-11-18)20-21-22(25(35)30(24(21)34)16-6-8-17(9-7-16)31(37)38)39-26-23(20)40-27(36)29(26)14-19(33)28-12-2-1-3-13-28/h4-11,20-22,32H,1-3,12-14H2/t20-,21?,22?/m0/s1. The number of likely N-dealkylation sites (tertiary alicyclic amines) is 1. The van der Waals surface area contributed by atoms with Crippen molar-refractivity contribution in [3.05, 3.63) is 78.8 Å². The van der Waals surface area contributed by atoms with Gasteiger partial charge in [0, 0.05) is 36.0 Å². The summed E-state index contributed by atoms with van der Waals surface area (Å²) in [5.41, 5.74) is 0.707. The third kappa shape index (κ3) is 4.38. The second-order valence-corrected chi connectivity index (χ2v) is 12.1. The highest BCUT2D eigenvalue weighted by atomic mass is 32.2. The van der Waals surface area contributed by atoms with Crippen LogP contribution in [0.25, 0.3) is 0 Å². The van der Waals surface area contributed by atoms with Gasteiger partial charge in [-0.1, -0.05) is 35.2 Å². The number of aromatic hydroxyl groups is 1. The van der Waals surface area contributed by atoms with Gasteiger partial charge in [-0.3, -0.25) is 33.9 Å². The number of thioether (sulfide) groups is 1. The lowest BCUT2D eigenvalue weighted by atomic mass is 9.83. The van der Waals surface area contributed by atoms with E-state index >= 15 is 0 Å². The van der Waals surface area contributed by atoms with Gasteiger partial charge in [-0.05, 0) is 49.1 Å². The fourth-order valence-corrected chi connectivity index (χ4v) is 8.43. The van der Waals surface area contributed by atoms with Crippen molar-refractivity contribution >= 4 is 52.2 Å². The average molecular weight is 581 g/mol. The van der Waals surface area contributed by atoms with E-state index in [9.17, 15) is 34.4 Å². The minimum absolute atomic E-state index is 0.0323. The number of nitro groups is 1. The van der Waals surface area contributed by atoms with Crippen LogP contribution in [0.2, 0.25) is 0 Å². The van der Waals surface area contributed by atoms with Crippen molar-refractivity contribution < 1.29 is 24.4 Å². The van der Waals surface area contributed by atoms with E-state index in [-0.39, 0.29) is 34.4 Å². The van der Waals surface area contributed by atoms with Crippen LogP contribution < -0.4 is 9.77 Å². The van der Waals surface area contributed by atoms with E-state index < -0.39 is 33.8 Å². The summed E-state index contributed by atoms with van der Waals surface area (Å²) in [6, 6.07) is 11.5. The molecule has 206 valence electrons. The van der Waals surface area contributed by atoms with Crippen molar-refractivity contribution in [2.24, 2.45) is 5.92 Å². The molecule has 3 amide bonds. The number of amides is 3. The van der Waals surface area contributed by atoms with Crippen LogP contribution in [-0.4, -0.2) is 55.6 Å². The predicted molar refractivity (Wildman–Crippen MR) is 148 cm³/mol. The normalized spacial score (nSPS) is 22.2. The van der Waals surface area contributed by atoms with E-state index in [1.807, 2.05) is 0 Å². The molecule has 0 aliphatic carbocycles. The number of aromatic nitrogens is 1. The molecular weight excluding hydrogens is 556 g/mol. The summed E-state index contributed by atoms with van der Waals surface area (Å²) in [5, 5.41) is 20.6. The highest BCUT2D eigenvalue weighted by molar-refractivity contribution is 8.00. The lowest BCUT2D eigenvalue weighted by Gasteiger charge is -2.31. The molecule has 6 rings (SSSR count). The Kier molecular flexibility index (Phi) is 6.70. The quantitative estimate of drug-likeness (QED) is 0.275. The third-order valence-corrected chi connectivity index (χ3v) is 10.2. The fraction of sp³-hybridized carbons (Fsp3) is 0.333. The van der Waals surface area contributed by atoms with Crippen molar-refractivity contribution in [3.8, 4) is 5.75 Å². The summed E-state index contributed by atoms with van der Waals surface area (Å²) in [7, 11) is 0. The Morgan fingerprint density at radius 3 is 2.30 bits per heavy atom. The molecule has 3 aliphatic rings. The van der Waals surface area contributed by atoms with Crippen molar-refractivity contribution in [2.75, 3.05) is 18.0 Å². The number of carbonyl (C=O) groups is 3. The number of piperidine rings is 1. The molecule has 3 atom stereocenters. The van der Waals surface area contributed by atoms with Gasteiger partial charge in [-0.25, -0.2) is 4.90 Å². The first kappa shape index (κ1) is 26.3. The molecule has 0 radical (unpaired) electrons. The molecule has 2 fully saturated rings. The van der Waals surface area contributed by atoms with Crippen LogP contribution in [0.1, 0.15) is 35.6 Å². The van der Waals surface area contributed by atoms with Gasteiger partial charge in [-0.2, -0.15) is 0 Å². The molecule has 4 heterocycles. The summed E-state index contributed by atoms with van der Waals surface area (Å²) in [6.45, 7) is 1.14. The van der Waals surface area contributed by atoms with Crippen LogP contribution in [0.15, 0.2) is 58.4 Å². The number of phenols is 1. The number of hydrogen-bond donors (Lipinski definition) is 1. The lowest BCUT2D eigenvalue weighted by molar-refractivity contribution is -0.384. The Morgan fingerprint density at radius 1 is 0.975 bits per heavy atom. The van der Waals surface area contributed by atoms with Gasteiger partial charge < -0.3 is 10.0 Å². The van der Waals surface area contributed by atoms with E-state index in [1.165, 1.54) is 41.0 Å². The number of carbonyl (C=O) groups excluding carboxylic acids is 3. The van der Waals surface area contributed by atoms with Crippen LogP contribution in [0, 0.1) is 16.0 Å². The number of thiazole rings is 1. The lowest BCUT2D eigenvalue weighted by Crippen LogP contribution is -2.39. The van der Waals surface area contributed by atoms with Crippen LogP contribution in [0.5, 0.6) is 5.75 Å². The molecule has 3 aromatic rings. The Hall–Kier alpha value is -3.97. The molecule has 1 N–H and O–H groups in total. The van der Waals surface area contributed by atoms with Crippen molar-refractivity contribution in [2.45, 2.75) is 42.0 Å². The first-order valence-electron chi connectivity index (χ1n) is 12.8.